The van der Waals surface area contributed by atoms with Crippen LogP contribution in [-0.2, 0) is 17.6 Å². The molecule has 0 aromatic heterocycles. The van der Waals surface area contributed by atoms with Gasteiger partial charge in [0.1, 0.15) is 0 Å². The minimum absolute atomic E-state index is 0.0665. The molecule has 1 unspecified atom stereocenters. The van der Waals surface area contributed by atoms with E-state index in [0.717, 1.165) is 32.3 Å². The average molecular weight is 247 g/mol. The molecule has 0 amide bonds. The van der Waals surface area contributed by atoms with Crippen molar-refractivity contribution in [1.82, 2.24) is 0 Å². The van der Waals surface area contributed by atoms with E-state index in [9.17, 15) is 0 Å². The Hall–Kier alpha value is -0.860. The van der Waals surface area contributed by atoms with E-state index in [1.54, 1.807) is 0 Å². The van der Waals surface area contributed by atoms with Crippen LogP contribution in [0.1, 0.15) is 44.7 Å². The highest BCUT2D eigenvalue weighted by Crippen LogP contribution is 2.29. The molecule has 1 aliphatic rings. The maximum Gasteiger partial charge on any atom is 0.0598 e. The lowest BCUT2D eigenvalue weighted by Gasteiger charge is -2.35. The van der Waals surface area contributed by atoms with Crippen molar-refractivity contribution in [3.63, 3.8) is 0 Å². The maximum atomic E-state index is 6.52. The summed E-state index contributed by atoms with van der Waals surface area (Å²) in [5, 5.41) is 0. The van der Waals surface area contributed by atoms with Gasteiger partial charge in [0.25, 0.3) is 0 Å². The Morgan fingerprint density at radius 2 is 1.89 bits per heavy atom. The smallest absolute Gasteiger partial charge is 0.0598 e. The highest BCUT2D eigenvalue weighted by Gasteiger charge is 2.30. The number of hydrogen-bond acceptors (Lipinski definition) is 2. The van der Waals surface area contributed by atoms with Gasteiger partial charge in [-0.3, -0.25) is 0 Å². The SMILES string of the molecule is CC(C)(C)OCCC1(N)CCc2ccccc2C1. The van der Waals surface area contributed by atoms with Crippen molar-refractivity contribution in [1.29, 1.82) is 0 Å². The van der Waals surface area contributed by atoms with Gasteiger partial charge >= 0.3 is 0 Å². The molecule has 0 heterocycles. The number of aryl methyl sites for hydroxylation is 1. The molecule has 0 saturated carbocycles. The average Bonchev–Trinajstić information content (AvgIpc) is 2.27. The normalized spacial score (nSPS) is 23.8. The molecule has 2 N–H and O–H groups in total. The van der Waals surface area contributed by atoms with Crippen molar-refractivity contribution in [2.75, 3.05) is 6.61 Å². The monoisotopic (exact) mass is 247 g/mol. The van der Waals surface area contributed by atoms with E-state index in [1.165, 1.54) is 11.1 Å². The quantitative estimate of drug-likeness (QED) is 0.891. The molecule has 0 radical (unpaired) electrons. The van der Waals surface area contributed by atoms with Crippen LogP contribution in [0.5, 0.6) is 0 Å². The summed E-state index contributed by atoms with van der Waals surface area (Å²) in [6.07, 6.45) is 4.09. The molecular formula is C16H25NO. The molecule has 0 saturated heterocycles. The fourth-order valence-corrected chi connectivity index (χ4v) is 2.60. The van der Waals surface area contributed by atoms with E-state index in [-0.39, 0.29) is 11.1 Å². The van der Waals surface area contributed by atoms with Crippen LogP contribution in [0.2, 0.25) is 0 Å². The van der Waals surface area contributed by atoms with E-state index >= 15 is 0 Å². The summed E-state index contributed by atoms with van der Waals surface area (Å²) in [6, 6.07) is 8.66. The van der Waals surface area contributed by atoms with E-state index in [0.29, 0.717) is 0 Å². The van der Waals surface area contributed by atoms with Gasteiger partial charge in [0.05, 0.1) is 5.60 Å². The zero-order chi connectivity index (χ0) is 13.2. The summed E-state index contributed by atoms with van der Waals surface area (Å²) in [4.78, 5) is 0. The lowest BCUT2D eigenvalue weighted by Crippen LogP contribution is -2.46. The summed E-state index contributed by atoms with van der Waals surface area (Å²) in [6.45, 7) is 7.02. The Balaban J connectivity index is 1.94. The Morgan fingerprint density at radius 1 is 1.22 bits per heavy atom. The van der Waals surface area contributed by atoms with E-state index in [4.69, 9.17) is 10.5 Å². The second kappa shape index (κ2) is 5.02. The number of fused-ring (bicyclic) bond motifs is 1. The fraction of sp³-hybridized carbons (Fsp3) is 0.625. The molecule has 1 aliphatic carbocycles. The van der Waals surface area contributed by atoms with Gasteiger partial charge in [-0.1, -0.05) is 24.3 Å². The van der Waals surface area contributed by atoms with Crippen LogP contribution < -0.4 is 5.73 Å². The summed E-state index contributed by atoms with van der Waals surface area (Å²) in [5.41, 5.74) is 9.26. The summed E-state index contributed by atoms with van der Waals surface area (Å²) >= 11 is 0. The number of benzene rings is 1. The molecule has 100 valence electrons. The summed E-state index contributed by atoms with van der Waals surface area (Å²) in [7, 11) is 0. The largest absolute Gasteiger partial charge is 0.376 e. The summed E-state index contributed by atoms with van der Waals surface area (Å²) in [5.74, 6) is 0. The van der Waals surface area contributed by atoms with Crippen molar-refractivity contribution >= 4 is 0 Å². The highest BCUT2D eigenvalue weighted by atomic mass is 16.5. The van der Waals surface area contributed by atoms with Crippen LogP contribution in [0.25, 0.3) is 0 Å². The second-order valence-corrected chi connectivity index (χ2v) is 6.52. The van der Waals surface area contributed by atoms with Crippen LogP contribution in [-0.4, -0.2) is 17.7 Å². The van der Waals surface area contributed by atoms with Crippen LogP contribution in [0.15, 0.2) is 24.3 Å². The molecule has 0 spiro atoms. The van der Waals surface area contributed by atoms with Crippen molar-refractivity contribution in [3.8, 4) is 0 Å². The molecule has 0 fully saturated rings. The minimum Gasteiger partial charge on any atom is -0.376 e. The second-order valence-electron chi connectivity index (χ2n) is 6.52. The molecular weight excluding hydrogens is 222 g/mol. The molecule has 1 aromatic carbocycles. The fourth-order valence-electron chi connectivity index (χ4n) is 2.60. The first-order valence-corrected chi connectivity index (χ1v) is 6.88. The lowest BCUT2D eigenvalue weighted by molar-refractivity contribution is -0.0121. The van der Waals surface area contributed by atoms with Crippen LogP contribution in [0.4, 0.5) is 0 Å². The molecule has 1 aromatic rings. The van der Waals surface area contributed by atoms with Crippen molar-refractivity contribution < 1.29 is 4.74 Å². The first kappa shape index (κ1) is 13.6. The van der Waals surface area contributed by atoms with E-state index < -0.39 is 0 Å². The zero-order valence-electron chi connectivity index (χ0n) is 11.8. The molecule has 2 nitrogen and oxygen atoms in total. The van der Waals surface area contributed by atoms with Gasteiger partial charge in [-0.15, -0.1) is 0 Å². The van der Waals surface area contributed by atoms with E-state index in [1.807, 2.05) is 0 Å². The van der Waals surface area contributed by atoms with Crippen LogP contribution >= 0.6 is 0 Å². The highest BCUT2D eigenvalue weighted by molar-refractivity contribution is 5.32. The van der Waals surface area contributed by atoms with Gasteiger partial charge in [-0.05, 0) is 57.6 Å². The number of ether oxygens (including phenoxy) is 1. The molecule has 18 heavy (non-hydrogen) atoms. The number of nitrogens with two attached hydrogens (primary N) is 1. The first-order valence-electron chi connectivity index (χ1n) is 6.88. The van der Waals surface area contributed by atoms with Gasteiger partial charge in [-0.2, -0.15) is 0 Å². The predicted molar refractivity (Wildman–Crippen MR) is 75.7 cm³/mol. The predicted octanol–water partition coefficient (Wildman–Crippen LogP) is 3.08. The third-order valence-corrected chi connectivity index (χ3v) is 3.69. The molecule has 0 bridgehead atoms. The first-order chi connectivity index (χ1) is 8.38. The third-order valence-electron chi connectivity index (χ3n) is 3.69. The Morgan fingerprint density at radius 3 is 2.56 bits per heavy atom. The minimum atomic E-state index is -0.0837. The Labute approximate surface area is 111 Å². The molecule has 1 atom stereocenters. The van der Waals surface area contributed by atoms with E-state index in [2.05, 4.69) is 45.0 Å². The molecule has 2 heteroatoms. The number of hydrogen-bond donors (Lipinski definition) is 1. The summed E-state index contributed by atoms with van der Waals surface area (Å²) < 4.78 is 5.81. The standard InChI is InChI=1S/C16H25NO/c1-15(2,3)18-11-10-16(17)9-8-13-6-4-5-7-14(13)12-16/h4-7H,8-12,17H2,1-3H3. The topological polar surface area (TPSA) is 35.2 Å². The maximum absolute atomic E-state index is 6.52. The van der Waals surface area contributed by atoms with Gasteiger partial charge in [-0.25, -0.2) is 0 Å². The zero-order valence-corrected chi connectivity index (χ0v) is 11.8. The van der Waals surface area contributed by atoms with Crippen LogP contribution in [0.3, 0.4) is 0 Å². The third kappa shape index (κ3) is 3.56. The van der Waals surface area contributed by atoms with Gasteiger partial charge in [0.2, 0.25) is 0 Å². The Kier molecular flexibility index (Phi) is 3.79. The van der Waals surface area contributed by atoms with Crippen molar-refractivity contribution in [2.24, 2.45) is 5.73 Å². The number of rotatable bonds is 3. The van der Waals surface area contributed by atoms with Crippen molar-refractivity contribution in [2.45, 2.75) is 57.6 Å². The van der Waals surface area contributed by atoms with Gasteiger partial charge in [0.15, 0.2) is 0 Å². The Bertz CT molecular complexity index is 408. The van der Waals surface area contributed by atoms with Crippen molar-refractivity contribution in [3.05, 3.63) is 35.4 Å². The molecule has 0 aliphatic heterocycles. The van der Waals surface area contributed by atoms with Gasteiger partial charge < -0.3 is 10.5 Å². The van der Waals surface area contributed by atoms with Crippen LogP contribution in [0, 0.1) is 0 Å². The van der Waals surface area contributed by atoms with Gasteiger partial charge in [0, 0.05) is 12.1 Å². The molecule has 2 rings (SSSR count). The lowest BCUT2D eigenvalue weighted by atomic mass is 9.77.